The van der Waals surface area contributed by atoms with Gasteiger partial charge in [0.15, 0.2) is 0 Å². The first-order valence-corrected chi connectivity index (χ1v) is 18.1. The molecule has 0 N–H and O–H groups in total. The molecule has 2 atom stereocenters. The van der Waals surface area contributed by atoms with Crippen LogP contribution in [0.2, 0.25) is 0 Å². The maximum absolute atomic E-state index is 6.44. The number of fused-ring (bicyclic) bond motifs is 14. The maximum atomic E-state index is 6.44. The molecule has 0 bridgehead atoms. The van der Waals surface area contributed by atoms with Crippen LogP contribution in [-0.4, -0.2) is 4.57 Å². The summed E-state index contributed by atoms with van der Waals surface area (Å²) in [5.74, 6) is 0.718. The molecular weight excluding hydrogens is 619 g/mol. The van der Waals surface area contributed by atoms with Crippen LogP contribution in [0.15, 0.2) is 156 Å². The first kappa shape index (κ1) is 27.7. The van der Waals surface area contributed by atoms with Crippen molar-refractivity contribution in [1.82, 2.24) is 4.57 Å². The van der Waals surface area contributed by atoms with Crippen molar-refractivity contribution < 1.29 is 4.42 Å². The van der Waals surface area contributed by atoms with Crippen molar-refractivity contribution in [3.8, 4) is 16.8 Å². The molecule has 2 nitrogen and oxygen atoms in total. The summed E-state index contributed by atoms with van der Waals surface area (Å²) in [7, 11) is 0. The predicted octanol–water partition coefficient (Wildman–Crippen LogP) is 12.7. The van der Waals surface area contributed by atoms with Gasteiger partial charge in [-0.2, -0.15) is 0 Å². The Labute approximate surface area is 296 Å². The van der Waals surface area contributed by atoms with Crippen molar-refractivity contribution in [3.63, 3.8) is 0 Å². The molecule has 8 aromatic rings. The fourth-order valence-electron chi connectivity index (χ4n) is 10.2. The molecule has 240 valence electrons. The van der Waals surface area contributed by atoms with Gasteiger partial charge in [-0.05, 0) is 92.1 Å². The number of para-hydroxylation sites is 2. The van der Waals surface area contributed by atoms with Crippen LogP contribution in [0, 0.1) is 11.8 Å². The summed E-state index contributed by atoms with van der Waals surface area (Å²) in [6, 6.07) is 44.8. The summed E-state index contributed by atoms with van der Waals surface area (Å²) in [6.07, 6.45) is 11.7. The molecule has 0 saturated heterocycles. The number of nitrogens with zero attached hydrogens (tertiary/aromatic N) is 1. The van der Waals surface area contributed by atoms with Gasteiger partial charge < -0.3 is 8.98 Å². The monoisotopic (exact) mass is 651 g/mol. The van der Waals surface area contributed by atoms with Gasteiger partial charge in [-0.1, -0.05) is 129 Å². The summed E-state index contributed by atoms with van der Waals surface area (Å²) in [5.41, 5.74) is 19.1. The Morgan fingerprint density at radius 1 is 0.549 bits per heavy atom. The number of furan rings is 1. The first-order valence-electron chi connectivity index (χ1n) is 18.1. The number of hydrogen-bond donors (Lipinski definition) is 0. The van der Waals surface area contributed by atoms with Gasteiger partial charge in [0, 0.05) is 44.5 Å². The molecular formula is C49H33NO. The average molecular weight is 652 g/mol. The summed E-state index contributed by atoms with van der Waals surface area (Å²) in [5, 5.41) is 5.00. The molecule has 4 aliphatic carbocycles. The van der Waals surface area contributed by atoms with Crippen molar-refractivity contribution in [2.24, 2.45) is 11.8 Å². The predicted molar refractivity (Wildman–Crippen MR) is 212 cm³/mol. The highest BCUT2D eigenvalue weighted by Gasteiger charge is 2.41. The molecule has 0 fully saturated rings. The molecule has 2 heterocycles. The Bertz CT molecular complexity index is 2990. The van der Waals surface area contributed by atoms with E-state index in [1.165, 1.54) is 93.9 Å². The molecule has 0 aliphatic heterocycles. The van der Waals surface area contributed by atoms with Crippen molar-refractivity contribution >= 4 is 60.5 Å². The van der Waals surface area contributed by atoms with E-state index in [9.17, 15) is 0 Å². The third-order valence-electron chi connectivity index (χ3n) is 12.4. The van der Waals surface area contributed by atoms with Crippen molar-refractivity contribution in [2.45, 2.75) is 19.3 Å². The number of allylic oxidation sites excluding steroid dienone is 8. The second kappa shape index (κ2) is 9.56. The topological polar surface area (TPSA) is 18.1 Å². The van der Waals surface area contributed by atoms with Crippen molar-refractivity contribution in [1.29, 1.82) is 0 Å². The Kier molecular flexibility index (Phi) is 5.19. The first-order chi connectivity index (χ1) is 25.1. The van der Waals surface area contributed by atoms with Crippen LogP contribution in [0.3, 0.4) is 0 Å². The van der Waals surface area contributed by atoms with Crippen LogP contribution in [0.25, 0.3) is 77.3 Å². The minimum Gasteiger partial charge on any atom is -0.456 e. The smallest absolute Gasteiger partial charge is 0.136 e. The molecule has 0 amide bonds. The third kappa shape index (κ3) is 3.43. The summed E-state index contributed by atoms with van der Waals surface area (Å²) in [6.45, 7) is 4.75. The van der Waals surface area contributed by atoms with E-state index in [2.05, 4.69) is 170 Å². The van der Waals surface area contributed by atoms with E-state index in [1.807, 2.05) is 0 Å². The second-order valence-corrected chi connectivity index (χ2v) is 15.2. The zero-order chi connectivity index (χ0) is 33.6. The molecule has 2 unspecified atom stereocenters. The van der Waals surface area contributed by atoms with E-state index in [4.69, 9.17) is 4.42 Å². The molecule has 4 aliphatic rings. The van der Waals surface area contributed by atoms with Crippen LogP contribution in [0.1, 0.15) is 41.7 Å². The van der Waals surface area contributed by atoms with Gasteiger partial charge in [-0.25, -0.2) is 0 Å². The van der Waals surface area contributed by atoms with Gasteiger partial charge in [0.1, 0.15) is 11.2 Å². The van der Waals surface area contributed by atoms with Crippen molar-refractivity contribution in [3.05, 3.63) is 180 Å². The number of rotatable bonds is 2. The van der Waals surface area contributed by atoms with E-state index in [0.29, 0.717) is 11.8 Å². The van der Waals surface area contributed by atoms with E-state index in [1.54, 1.807) is 0 Å². The highest BCUT2D eigenvalue weighted by Crippen LogP contribution is 2.58. The number of hydrogen-bond acceptors (Lipinski definition) is 1. The summed E-state index contributed by atoms with van der Waals surface area (Å²) in [4.78, 5) is 0. The minimum atomic E-state index is -0.137. The molecule has 0 spiro atoms. The van der Waals surface area contributed by atoms with Gasteiger partial charge in [0.05, 0.1) is 11.0 Å². The van der Waals surface area contributed by atoms with Gasteiger partial charge >= 0.3 is 0 Å². The molecule has 12 rings (SSSR count). The molecule has 51 heavy (non-hydrogen) atoms. The van der Waals surface area contributed by atoms with Crippen LogP contribution in [-0.2, 0) is 5.41 Å². The normalized spacial score (nSPS) is 19.2. The fraction of sp³-hybridized carbons (Fsp3) is 0.102. The molecule has 0 radical (unpaired) electrons. The van der Waals surface area contributed by atoms with E-state index in [0.717, 1.165) is 11.2 Å². The largest absolute Gasteiger partial charge is 0.456 e. The van der Waals surface area contributed by atoms with E-state index < -0.39 is 0 Å². The molecule has 2 aromatic heterocycles. The van der Waals surface area contributed by atoms with Crippen LogP contribution in [0.4, 0.5) is 0 Å². The van der Waals surface area contributed by atoms with E-state index in [-0.39, 0.29) is 5.41 Å². The summed E-state index contributed by atoms with van der Waals surface area (Å²) < 4.78 is 8.91. The fourth-order valence-corrected chi connectivity index (χ4v) is 10.2. The molecule has 6 aromatic carbocycles. The molecule has 0 saturated carbocycles. The lowest BCUT2D eigenvalue weighted by Crippen LogP contribution is -2.18. The van der Waals surface area contributed by atoms with Gasteiger partial charge in [0.25, 0.3) is 0 Å². The van der Waals surface area contributed by atoms with Crippen LogP contribution in [0.5, 0.6) is 0 Å². The van der Waals surface area contributed by atoms with Crippen molar-refractivity contribution in [2.75, 3.05) is 0 Å². The van der Waals surface area contributed by atoms with Gasteiger partial charge in [-0.3, -0.25) is 0 Å². The lowest BCUT2D eigenvalue weighted by Gasteiger charge is -2.31. The standard InChI is InChI=1S/C49H33NO/c1-49(2)38-24-26-41-45(47(38)48-39(49)25-27-43-46(48)37-13-6-8-17-42(37)51-43)36-12-5-7-16-40(36)50(41)29-20-18-28(19-21-29)30-22-23-35-32-11-4-3-10-31(32)34-15-9-14-33(30)44(34)35/h3-27,33,44H,1-2H3. The van der Waals surface area contributed by atoms with Crippen LogP contribution >= 0.6 is 0 Å². The third-order valence-corrected chi connectivity index (χ3v) is 12.4. The quantitative estimate of drug-likeness (QED) is 0.182. The van der Waals surface area contributed by atoms with E-state index >= 15 is 0 Å². The number of benzene rings is 6. The Hall–Kier alpha value is -6.12. The highest BCUT2D eigenvalue weighted by atomic mass is 16.3. The maximum Gasteiger partial charge on any atom is 0.136 e. The average Bonchev–Trinajstić information content (AvgIpc) is 3.88. The second-order valence-electron chi connectivity index (χ2n) is 15.2. The lowest BCUT2D eigenvalue weighted by molar-refractivity contribution is 0.657. The zero-order valence-corrected chi connectivity index (χ0v) is 28.4. The molecule has 2 heteroatoms. The highest BCUT2D eigenvalue weighted by molar-refractivity contribution is 6.23. The van der Waals surface area contributed by atoms with Gasteiger partial charge in [-0.15, -0.1) is 0 Å². The Balaban J connectivity index is 1.05. The zero-order valence-electron chi connectivity index (χ0n) is 28.4. The summed E-state index contributed by atoms with van der Waals surface area (Å²) >= 11 is 0. The minimum absolute atomic E-state index is 0.137. The number of aromatic nitrogens is 1. The lowest BCUT2D eigenvalue weighted by atomic mass is 9.72. The van der Waals surface area contributed by atoms with Crippen LogP contribution < -0.4 is 0 Å². The Morgan fingerprint density at radius 2 is 1.22 bits per heavy atom. The van der Waals surface area contributed by atoms with Gasteiger partial charge in [0.2, 0.25) is 0 Å². The Morgan fingerprint density at radius 3 is 2.04 bits per heavy atom. The SMILES string of the molecule is CC1(C)c2ccc3oc4ccccc4c3c2-c2c1ccc1c2c2ccccc2n1-c1ccc(C2=CC=C3c4ccccc4C4=CC=CC2C43)cc1.